The number of halogens is 2. The summed E-state index contributed by atoms with van der Waals surface area (Å²) in [6.07, 6.45) is 0.975. The molecule has 0 aromatic heterocycles. The Bertz CT molecular complexity index is 930. The van der Waals surface area contributed by atoms with Crippen LogP contribution in [0.15, 0.2) is 46.4 Å². The van der Waals surface area contributed by atoms with Crippen molar-refractivity contribution in [2.24, 2.45) is 5.10 Å². The first-order valence-corrected chi connectivity index (χ1v) is 7.94. The van der Waals surface area contributed by atoms with E-state index in [1.807, 2.05) is 4.83 Å². The number of benzene rings is 2. The number of nitro groups is 1. The zero-order valence-corrected chi connectivity index (χ0v) is 13.0. The molecule has 0 fully saturated rings. The molecule has 0 radical (unpaired) electrons. The minimum atomic E-state index is -4.14. The molecule has 0 aliphatic carbocycles. The SMILES string of the molecule is Cc1ccc(S(=O)(=O)N/N=C/c2ccc(F)c(F)c2)cc1[N+](=O)[O-]. The molecule has 1 N–H and O–H groups in total. The second-order valence-electron chi connectivity index (χ2n) is 4.73. The van der Waals surface area contributed by atoms with Crippen molar-refractivity contribution in [1.29, 1.82) is 0 Å². The van der Waals surface area contributed by atoms with Crippen LogP contribution in [0.4, 0.5) is 14.5 Å². The fourth-order valence-corrected chi connectivity index (χ4v) is 2.58. The third kappa shape index (κ3) is 3.90. The number of hydrazone groups is 1. The lowest BCUT2D eigenvalue weighted by Crippen LogP contribution is -2.18. The summed E-state index contributed by atoms with van der Waals surface area (Å²) in [4.78, 5) is 11.7. The van der Waals surface area contributed by atoms with Gasteiger partial charge in [-0.3, -0.25) is 10.1 Å². The highest BCUT2D eigenvalue weighted by Crippen LogP contribution is 2.22. The monoisotopic (exact) mass is 355 g/mol. The van der Waals surface area contributed by atoms with Crippen molar-refractivity contribution in [1.82, 2.24) is 4.83 Å². The van der Waals surface area contributed by atoms with Crippen LogP contribution in [0.1, 0.15) is 11.1 Å². The van der Waals surface area contributed by atoms with Gasteiger partial charge in [-0.2, -0.15) is 13.5 Å². The summed E-state index contributed by atoms with van der Waals surface area (Å²) < 4.78 is 49.9. The number of hydrogen-bond donors (Lipinski definition) is 1. The molecule has 0 bridgehead atoms. The summed E-state index contributed by atoms with van der Waals surface area (Å²) in [6, 6.07) is 6.31. The molecule has 2 aromatic carbocycles. The van der Waals surface area contributed by atoms with Crippen LogP contribution in [0.2, 0.25) is 0 Å². The van der Waals surface area contributed by atoms with Crippen LogP contribution in [-0.4, -0.2) is 19.6 Å². The number of nitrogens with one attached hydrogen (secondary N) is 1. The van der Waals surface area contributed by atoms with Gasteiger partial charge in [0.25, 0.3) is 15.7 Å². The van der Waals surface area contributed by atoms with E-state index in [0.717, 1.165) is 24.4 Å². The largest absolute Gasteiger partial charge is 0.276 e. The van der Waals surface area contributed by atoms with E-state index in [9.17, 15) is 27.3 Å². The lowest BCUT2D eigenvalue weighted by Gasteiger charge is -2.04. The maximum atomic E-state index is 13.0. The number of hydrogen-bond acceptors (Lipinski definition) is 5. The molecule has 0 aliphatic heterocycles. The predicted octanol–water partition coefficient (Wildman–Crippen LogP) is 2.49. The highest BCUT2D eigenvalue weighted by molar-refractivity contribution is 7.89. The third-order valence-corrected chi connectivity index (χ3v) is 4.24. The molecule has 0 aliphatic rings. The Labute approximate surface area is 135 Å². The summed E-state index contributed by atoms with van der Waals surface area (Å²) in [5.41, 5.74) is 0.0955. The van der Waals surface area contributed by atoms with E-state index < -0.39 is 26.6 Å². The van der Waals surface area contributed by atoms with Crippen molar-refractivity contribution in [3.8, 4) is 0 Å². The molecular formula is C14H11F2N3O4S. The molecule has 2 rings (SSSR count). The van der Waals surface area contributed by atoms with Crippen LogP contribution < -0.4 is 4.83 Å². The van der Waals surface area contributed by atoms with Crippen LogP contribution in [0.5, 0.6) is 0 Å². The van der Waals surface area contributed by atoms with Gasteiger partial charge in [-0.05, 0) is 30.7 Å². The molecule has 7 nitrogen and oxygen atoms in total. The molecule has 126 valence electrons. The molecule has 0 amide bonds. The third-order valence-electron chi connectivity index (χ3n) is 3.02. The van der Waals surface area contributed by atoms with Gasteiger partial charge in [0.05, 0.1) is 16.0 Å². The average molecular weight is 355 g/mol. The second kappa shape index (κ2) is 6.71. The van der Waals surface area contributed by atoms with Gasteiger partial charge in [-0.25, -0.2) is 13.6 Å². The van der Waals surface area contributed by atoms with Gasteiger partial charge in [-0.1, -0.05) is 12.1 Å². The van der Waals surface area contributed by atoms with Crippen LogP contribution in [0, 0.1) is 28.7 Å². The Hall–Kier alpha value is -2.88. The average Bonchev–Trinajstić information content (AvgIpc) is 2.50. The number of nitrogens with zero attached hydrogens (tertiary/aromatic N) is 2. The molecule has 0 atom stereocenters. The van der Waals surface area contributed by atoms with Crippen molar-refractivity contribution in [2.75, 3.05) is 0 Å². The van der Waals surface area contributed by atoms with Crippen molar-refractivity contribution in [3.05, 3.63) is 69.3 Å². The van der Waals surface area contributed by atoms with E-state index >= 15 is 0 Å². The Morgan fingerprint density at radius 3 is 2.50 bits per heavy atom. The molecule has 2 aromatic rings. The summed E-state index contributed by atoms with van der Waals surface area (Å²) in [6.45, 7) is 1.48. The van der Waals surface area contributed by atoms with Crippen LogP contribution in [0.3, 0.4) is 0 Å². The van der Waals surface area contributed by atoms with Gasteiger partial charge in [0.2, 0.25) is 0 Å². The smallest absolute Gasteiger partial charge is 0.258 e. The highest BCUT2D eigenvalue weighted by Gasteiger charge is 2.19. The van der Waals surface area contributed by atoms with Gasteiger partial charge in [0.15, 0.2) is 11.6 Å². The van der Waals surface area contributed by atoms with Crippen LogP contribution >= 0.6 is 0 Å². The lowest BCUT2D eigenvalue weighted by molar-refractivity contribution is -0.385. The number of nitro benzene ring substituents is 1. The molecular weight excluding hydrogens is 344 g/mol. The summed E-state index contributed by atoms with van der Waals surface area (Å²) >= 11 is 0. The first kappa shape index (κ1) is 17.5. The van der Waals surface area contributed by atoms with Gasteiger partial charge in [0.1, 0.15) is 0 Å². The Balaban J connectivity index is 2.22. The van der Waals surface area contributed by atoms with E-state index in [2.05, 4.69) is 5.10 Å². The summed E-state index contributed by atoms with van der Waals surface area (Å²) in [5, 5.41) is 14.3. The van der Waals surface area contributed by atoms with E-state index in [4.69, 9.17) is 0 Å². The molecule has 0 saturated carbocycles. The maximum Gasteiger partial charge on any atom is 0.276 e. The van der Waals surface area contributed by atoms with Gasteiger partial charge < -0.3 is 0 Å². The summed E-state index contributed by atoms with van der Waals surface area (Å²) in [5.74, 6) is -2.14. The molecule has 0 heterocycles. The molecule has 0 saturated heterocycles. The Kier molecular flexibility index (Phi) is 4.88. The van der Waals surface area contributed by atoms with Gasteiger partial charge in [0, 0.05) is 11.6 Å². The standard InChI is InChI=1S/C14H11F2N3O4S/c1-9-2-4-11(7-14(9)19(20)21)24(22,23)18-17-8-10-3-5-12(15)13(16)6-10/h2-8,18H,1H3/b17-8+. The molecule has 10 heteroatoms. The fourth-order valence-electron chi connectivity index (χ4n) is 1.77. The highest BCUT2D eigenvalue weighted by atomic mass is 32.2. The van der Waals surface area contributed by atoms with Crippen molar-refractivity contribution >= 4 is 21.9 Å². The van der Waals surface area contributed by atoms with Crippen molar-refractivity contribution in [2.45, 2.75) is 11.8 Å². The van der Waals surface area contributed by atoms with E-state index in [1.54, 1.807) is 0 Å². The van der Waals surface area contributed by atoms with Gasteiger partial charge in [-0.15, -0.1) is 0 Å². The molecule has 0 unspecified atom stereocenters. The number of sulfonamides is 1. The summed E-state index contributed by atoms with van der Waals surface area (Å²) in [7, 11) is -4.14. The second-order valence-corrected chi connectivity index (χ2v) is 6.39. The zero-order valence-electron chi connectivity index (χ0n) is 12.2. The maximum absolute atomic E-state index is 13.0. The first-order chi connectivity index (χ1) is 11.2. The topological polar surface area (TPSA) is 102 Å². The molecule has 24 heavy (non-hydrogen) atoms. The number of aryl methyl sites for hydroxylation is 1. The molecule has 0 spiro atoms. The van der Waals surface area contributed by atoms with E-state index in [0.29, 0.717) is 5.56 Å². The normalized spacial score (nSPS) is 11.6. The number of rotatable bonds is 5. The van der Waals surface area contributed by atoms with Crippen LogP contribution in [-0.2, 0) is 10.0 Å². The first-order valence-electron chi connectivity index (χ1n) is 6.45. The van der Waals surface area contributed by atoms with E-state index in [1.165, 1.54) is 25.1 Å². The Morgan fingerprint density at radius 2 is 1.88 bits per heavy atom. The Morgan fingerprint density at radius 1 is 1.17 bits per heavy atom. The quantitative estimate of drug-likeness (QED) is 0.506. The minimum Gasteiger partial charge on any atom is -0.258 e. The van der Waals surface area contributed by atoms with Crippen molar-refractivity contribution in [3.63, 3.8) is 0 Å². The predicted molar refractivity (Wildman–Crippen MR) is 82.1 cm³/mol. The van der Waals surface area contributed by atoms with Gasteiger partial charge >= 0.3 is 0 Å². The minimum absolute atomic E-state index is 0.131. The van der Waals surface area contributed by atoms with Crippen molar-refractivity contribution < 1.29 is 22.1 Å². The van der Waals surface area contributed by atoms with Crippen LogP contribution in [0.25, 0.3) is 0 Å². The lowest BCUT2D eigenvalue weighted by atomic mass is 10.2. The van der Waals surface area contributed by atoms with E-state index in [-0.39, 0.29) is 16.1 Å². The fraction of sp³-hybridized carbons (Fsp3) is 0.0714. The zero-order chi connectivity index (χ0) is 17.9.